The molecule has 0 bridgehead atoms. The van der Waals surface area contributed by atoms with Crippen molar-refractivity contribution in [1.82, 2.24) is 20.4 Å². The van der Waals surface area contributed by atoms with Crippen molar-refractivity contribution in [2.75, 3.05) is 0 Å². The molecule has 0 unspecified atom stereocenters. The van der Waals surface area contributed by atoms with Crippen molar-refractivity contribution in [3.05, 3.63) is 35.9 Å². The fourth-order valence-corrected chi connectivity index (χ4v) is 0.748. The summed E-state index contributed by atoms with van der Waals surface area (Å²) in [6, 6.07) is 2.66. The summed E-state index contributed by atoms with van der Waals surface area (Å²) in [5.41, 5.74) is -0.130. The van der Waals surface area contributed by atoms with Crippen molar-refractivity contribution in [2.45, 2.75) is 0 Å². The van der Waals surface area contributed by atoms with Crippen LogP contribution in [0.15, 0.2) is 24.5 Å². The fraction of sp³-hybridized carbons (Fsp3) is 0. The Bertz CT molecular complexity index is 410. The molecule has 89 valence electrons. The summed E-state index contributed by atoms with van der Waals surface area (Å²) in [5, 5.41) is 31.1. The van der Waals surface area contributed by atoms with E-state index in [1.54, 1.807) is 0 Å². The predicted molar refractivity (Wildman–Crippen MR) is 45.8 cm³/mol. The Kier molecular flexibility index (Phi) is 6.30. The Morgan fingerprint density at radius 1 is 0.941 bits per heavy atom. The summed E-state index contributed by atoms with van der Waals surface area (Å²) < 4.78 is 0. The van der Waals surface area contributed by atoms with Gasteiger partial charge >= 0.3 is 17.1 Å². The standard InChI is InChI=1S/2C4H4N2O2.Mn/c2*7-4(8)3-1-2-5-6-3;/h2*1-2H,(H,5,6)(H,7,8);/q;;+2/p-2. The molecule has 0 amide bonds. The smallest absolute Gasteiger partial charge is 0.543 e. The summed E-state index contributed by atoms with van der Waals surface area (Å²) in [4.78, 5) is 19.7. The average Bonchev–Trinajstić information content (AvgIpc) is 2.93. The SMILES string of the molecule is O=C([O-])c1cc[nH]n1.O=C([O-])c1cc[nH]n1.[Mn+2]. The molecule has 2 aromatic rings. The zero-order valence-corrected chi connectivity index (χ0v) is 9.40. The van der Waals surface area contributed by atoms with E-state index in [1.807, 2.05) is 0 Å². The van der Waals surface area contributed by atoms with E-state index < -0.39 is 11.9 Å². The predicted octanol–water partition coefficient (Wildman–Crippen LogP) is -2.46. The molecule has 2 aromatic heterocycles. The molecule has 2 heterocycles. The molecule has 0 aromatic carbocycles. The molecule has 0 aliphatic carbocycles. The van der Waals surface area contributed by atoms with Gasteiger partial charge in [0, 0.05) is 12.4 Å². The Labute approximate surface area is 106 Å². The van der Waals surface area contributed by atoms with Gasteiger partial charge in [-0.05, 0) is 12.1 Å². The Hall–Kier alpha value is -2.12. The van der Waals surface area contributed by atoms with Crippen LogP contribution in [0.3, 0.4) is 0 Å². The minimum absolute atomic E-state index is 0. The van der Waals surface area contributed by atoms with Crippen LogP contribution in [0.1, 0.15) is 21.0 Å². The second-order valence-corrected chi connectivity index (χ2v) is 2.49. The van der Waals surface area contributed by atoms with Gasteiger partial charge in [-0.3, -0.25) is 10.2 Å². The molecule has 0 saturated heterocycles. The number of nitrogens with zero attached hydrogens (tertiary/aromatic N) is 2. The Morgan fingerprint density at radius 3 is 1.41 bits per heavy atom. The number of H-pyrrole nitrogens is 2. The maximum atomic E-state index is 9.87. The van der Waals surface area contributed by atoms with E-state index in [0.717, 1.165) is 0 Å². The fourth-order valence-electron chi connectivity index (χ4n) is 0.748. The summed E-state index contributed by atoms with van der Waals surface area (Å²) in [7, 11) is 0. The van der Waals surface area contributed by atoms with Gasteiger partial charge in [0.15, 0.2) is 0 Å². The molecule has 0 aliphatic rings. The third-order valence-electron chi connectivity index (χ3n) is 1.42. The molecular formula is C8H6MnN4O4. The van der Waals surface area contributed by atoms with Crippen LogP contribution in [0.25, 0.3) is 0 Å². The number of rotatable bonds is 2. The van der Waals surface area contributed by atoms with E-state index >= 15 is 0 Å². The van der Waals surface area contributed by atoms with E-state index in [0.29, 0.717) is 0 Å². The van der Waals surface area contributed by atoms with Gasteiger partial charge in [0.05, 0.1) is 11.9 Å². The molecule has 9 heteroatoms. The first-order chi connectivity index (χ1) is 7.61. The van der Waals surface area contributed by atoms with E-state index in [1.165, 1.54) is 24.5 Å². The van der Waals surface area contributed by atoms with E-state index in [4.69, 9.17) is 0 Å². The molecule has 2 rings (SSSR count). The molecule has 2 N–H and O–H groups in total. The molecule has 0 saturated carbocycles. The summed E-state index contributed by atoms with van der Waals surface area (Å²) in [5.74, 6) is -2.52. The van der Waals surface area contributed by atoms with Crippen LogP contribution in [-0.2, 0) is 17.1 Å². The zero-order valence-electron chi connectivity index (χ0n) is 8.21. The summed E-state index contributed by atoms with van der Waals surface area (Å²) in [6.45, 7) is 0. The van der Waals surface area contributed by atoms with Crippen molar-refractivity contribution >= 4 is 11.9 Å². The number of carbonyl (C=O) groups is 2. The summed E-state index contributed by atoms with van der Waals surface area (Å²) >= 11 is 0. The minimum Gasteiger partial charge on any atom is -0.543 e. The third kappa shape index (κ3) is 4.96. The second-order valence-electron chi connectivity index (χ2n) is 2.49. The first kappa shape index (κ1) is 14.9. The Morgan fingerprint density at radius 2 is 1.29 bits per heavy atom. The number of aromatic nitrogens is 4. The topological polar surface area (TPSA) is 138 Å². The van der Waals surface area contributed by atoms with Crippen molar-refractivity contribution in [1.29, 1.82) is 0 Å². The van der Waals surface area contributed by atoms with Crippen molar-refractivity contribution < 1.29 is 36.9 Å². The number of carboxylic acids is 2. The van der Waals surface area contributed by atoms with Crippen LogP contribution in [0.5, 0.6) is 0 Å². The largest absolute Gasteiger partial charge is 2.00 e. The van der Waals surface area contributed by atoms with Crippen molar-refractivity contribution in [2.24, 2.45) is 0 Å². The first-order valence-corrected chi connectivity index (χ1v) is 4.03. The number of aromatic carboxylic acids is 2. The van der Waals surface area contributed by atoms with Crippen LogP contribution in [-0.4, -0.2) is 32.3 Å². The van der Waals surface area contributed by atoms with Gasteiger partial charge in [-0.1, -0.05) is 0 Å². The number of carbonyl (C=O) groups excluding carboxylic acids is 2. The normalized spacial score (nSPS) is 8.47. The van der Waals surface area contributed by atoms with Gasteiger partial charge in [-0.15, -0.1) is 0 Å². The van der Waals surface area contributed by atoms with Gasteiger partial charge in [0.25, 0.3) is 0 Å². The van der Waals surface area contributed by atoms with Crippen molar-refractivity contribution in [3.8, 4) is 0 Å². The maximum Gasteiger partial charge on any atom is 2.00 e. The summed E-state index contributed by atoms with van der Waals surface area (Å²) in [6.07, 6.45) is 2.84. The number of aromatic amines is 2. The monoisotopic (exact) mass is 277 g/mol. The van der Waals surface area contributed by atoms with Gasteiger partial charge in [-0.25, -0.2) is 0 Å². The molecule has 1 radical (unpaired) electrons. The average molecular weight is 277 g/mol. The molecule has 0 spiro atoms. The van der Waals surface area contributed by atoms with E-state index in [-0.39, 0.29) is 28.5 Å². The molecule has 8 nitrogen and oxygen atoms in total. The zero-order chi connectivity index (χ0) is 12.0. The minimum atomic E-state index is -1.26. The second kappa shape index (κ2) is 7.20. The number of hydrogen-bond donors (Lipinski definition) is 2. The van der Waals surface area contributed by atoms with Crippen molar-refractivity contribution in [3.63, 3.8) is 0 Å². The third-order valence-corrected chi connectivity index (χ3v) is 1.42. The molecular weight excluding hydrogens is 271 g/mol. The van der Waals surface area contributed by atoms with Crippen LogP contribution in [0.2, 0.25) is 0 Å². The van der Waals surface area contributed by atoms with Crippen LogP contribution in [0, 0.1) is 0 Å². The van der Waals surface area contributed by atoms with Crippen LogP contribution < -0.4 is 10.2 Å². The van der Waals surface area contributed by atoms with Gasteiger partial charge in [0.1, 0.15) is 11.4 Å². The van der Waals surface area contributed by atoms with Gasteiger partial charge in [0.2, 0.25) is 0 Å². The first-order valence-electron chi connectivity index (χ1n) is 4.03. The Balaban J connectivity index is 0.000000284. The van der Waals surface area contributed by atoms with Crippen LogP contribution >= 0.6 is 0 Å². The maximum absolute atomic E-state index is 9.87. The van der Waals surface area contributed by atoms with Gasteiger partial charge in [-0.2, -0.15) is 10.2 Å². The quantitative estimate of drug-likeness (QED) is 0.584. The van der Waals surface area contributed by atoms with Crippen LogP contribution in [0.4, 0.5) is 0 Å². The van der Waals surface area contributed by atoms with E-state index in [2.05, 4.69) is 20.4 Å². The molecule has 0 aliphatic heterocycles. The number of nitrogens with one attached hydrogen (secondary N) is 2. The number of hydrogen-bond acceptors (Lipinski definition) is 6. The van der Waals surface area contributed by atoms with Gasteiger partial charge < -0.3 is 19.8 Å². The molecule has 17 heavy (non-hydrogen) atoms. The molecule has 0 atom stereocenters. The number of carboxylic acid groups (broad SMARTS) is 2. The van der Waals surface area contributed by atoms with E-state index in [9.17, 15) is 19.8 Å². The molecule has 0 fully saturated rings.